The summed E-state index contributed by atoms with van der Waals surface area (Å²) in [6.07, 6.45) is 5.75. The van der Waals surface area contributed by atoms with Gasteiger partial charge in [-0.1, -0.05) is 11.3 Å². The van der Waals surface area contributed by atoms with Gasteiger partial charge in [-0.2, -0.15) is 0 Å². The first-order valence-electron chi connectivity index (χ1n) is 12.3. The molecule has 3 aromatic heterocycles. The number of anilines is 2. The average molecular weight is 524 g/mol. The fraction of sp³-hybridized carbons (Fsp3) is 0.462. The van der Waals surface area contributed by atoms with Crippen LogP contribution < -0.4 is 10.2 Å². The molecule has 1 saturated heterocycles. The Kier molecular flexibility index (Phi) is 5.85. The molecule has 0 radical (unpaired) electrons. The van der Waals surface area contributed by atoms with Gasteiger partial charge in [-0.3, -0.25) is 9.59 Å². The largest absolute Gasteiger partial charge is 0.375 e. The number of H-pyrrole nitrogens is 1. The molecule has 8 nitrogen and oxygen atoms in total. The van der Waals surface area contributed by atoms with Crippen LogP contribution in [0.3, 0.4) is 0 Å². The predicted molar refractivity (Wildman–Crippen MR) is 144 cm³/mol. The lowest BCUT2D eigenvalue weighted by molar-refractivity contribution is -0.142. The molecule has 0 saturated carbocycles. The highest BCUT2D eigenvalue weighted by Gasteiger charge is 2.36. The third-order valence-corrected chi connectivity index (χ3v) is 9.45. The molecule has 36 heavy (non-hydrogen) atoms. The number of amides is 1. The molecule has 4 heterocycles. The number of benzene rings is 1. The predicted octanol–water partition coefficient (Wildman–Crippen LogP) is 4.86. The monoisotopic (exact) mass is 523 g/mol. The van der Waals surface area contributed by atoms with Crippen LogP contribution in [0, 0.1) is 5.92 Å². The molecule has 1 amide bonds. The van der Waals surface area contributed by atoms with Crippen molar-refractivity contribution in [3.63, 3.8) is 0 Å². The number of thiophene rings is 1. The Morgan fingerprint density at radius 2 is 2.11 bits per heavy atom. The van der Waals surface area contributed by atoms with E-state index in [0.29, 0.717) is 6.61 Å². The van der Waals surface area contributed by atoms with Crippen molar-refractivity contribution in [1.29, 1.82) is 0 Å². The van der Waals surface area contributed by atoms with Crippen molar-refractivity contribution in [3.8, 4) is 0 Å². The Bertz CT molecular complexity index is 1520. The van der Waals surface area contributed by atoms with Crippen molar-refractivity contribution < 1.29 is 9.53 Å². The second-order valence-electron chi connectivity index (χ2n) is 10.4. The number of nitrogens with zero attached hydrogens (tertiary/aromatic N) is 3. The molecule has 0 spiro atoms. The number of hydrogen-bond acceptors (Lipinski definition) is 8. The number of aryl methyl sites for hydroxylation is 1. The molecule has 1 aliphatic heterocycles. The van der Waals surface area contributed by atoms with Gasteiger partial charge in [0.25, 0.3) is 0 Å². The zero-order valence-corrected chi connectivity index (χ0v) is 22.2. The quantitative estimate of drug-likeness (QED) is 0.396. The van der Waals surface area contributed by atoms with E-state index in [2.05, 4.69) is 34.1 Å². The lowest BCUT2D eigenvalue weighted by atomic mass is 9.85. The number of rotatable bonds is 4. The molecule has 2 unspecified atom stereocenters. The Hall–Kier alpha value is -2.82. The molecule has 4 aromatic rings. The van der Waals surface area contributed by atoms with Gasteiger partial charge in [0.2, 0.25) is 5.91 Å². The Morgan fingerprint density at radius 1 is 1.25 bits per heavy atom. The molecule has 1 fully saturated rings. The van der Waals surface area contributed by atoms with E-state index in [1.54, 1.807) is 17.7 Å². The number of hydrogen-bond donors (Lipinski definition) is 2. The van der Waals surface area contributed by atoms with Gasteiger partial charge in [-0.05, 0) is 69.7 Å². The van der Waals surface area contributed by atoms with Crippen LogP contribution in [-0.4, -0.2) is 51.1 Å². The van der Waals surface area contributed by atoms with Crippen LogP contribution in [-0.2, 0) is 22.4 Å². The summed E-state index contributed by atoms with van der Waals surface area (Å²) in [5, 5.41) is 4.49. The van der Waals surface area contributed by atoms with Crippen LogP contribution >= 0.6 is 22.7 Å². The van der Waals surface area contributed by atoms with Gasteiger partial charge in [0, 0.05) is 36.2 Å². The summed E-state index contributed by atoms with van der Waals surface area (Å²) in [7, 11) is 1.96. The third-order valence-electron chi connectivity index (χ3n) is 7.44. The Labute approximate surface area is 216 Å². The highest BCUT2D eigenvalue weighted by Crippen LogP contribution is 2.41. The summed E-state index contributed by atoms with van der Waals surface area (Å²) in [6, 6.07) is 6.04. The summed E-state index contributed by atoms with van der Waals surface area (Å²) in [5.74, 6) is 1.000. The van der Waals surface area contributed by atoms with E-state index in [1.165, 1.54) is 21.8 Å². The molecule has 0 bridgehead atoms. The fourth-order valence-electron chi connectivity index (χ4n) is 5.57. The van der Waals surface area contributed by atoms with Crippen molar-refractivity contribution in [3.05, 3.63) is 44.6 Å². The molecule has 2 aliphatic rings. The van der Waals surface area contributed by atoms with E-state index in [4.69, 9.17) is 4.74 Å². The average Bonchev–Trinajstić information content (AvgIpc) is 3.41. The number of fused-ring (bicyclic) bond motifs is 4. The highest BCUT2D eigenvalue weighted by molar-refractivity contribution is 7.19. The maximum absolute atomic E-state index is 13.5. The first-order chi connectivity index (χ1) is 17.3. The molecule has 10 heteroatoms. The molecule has 1 aliphatic carbocycles. The molecular formula is C26H29N5O3S2. The van der Waals surface area contributed by atoms with Gasteiger partial charge < -0.3 is 19.9 Å². The van der Waals surface area contributed by atoms with E-state index in [-0.39, 0.29) is 28.3 Å². The molecular weight excluding hydrogens is 494 g/mol. The zero-order chi connectivity index (χ0) is 25.0. The summed E-state index contributed by atoms with van der Waals surface area (Å²) in [4.78, 5) is 41.2. The van der Waals surface area contributed by atoms with Crippen molar-refractivity contribution in [1.82, 2.24) is 19.9 Å². The van der Waals surface area contributed by atoms with Gasteiger partial charge >= 0.3 is 4.87 Å². The van der Waals surface area contributed by atoms with Crippen LogP contribution in [0.4, 0.5) is 11.5 Å². The molecule has 1 aromatic carbocycles. The number of carbonyl (C=O) groups excluding carboxylic acids is 1. The molecule has 188 valence electrons. The van der Waals surface area contributed by atoms with E-state index in [9.17, 15) is 9.59 Å². The molecule has 6 rings (SSSR count). The molecule has 2 atom stereocenters. The van der Waals surface area contributed by atoms with Gasteiger partial charge in [-0.25, -0.2) is 9.97 Å². The van der Waals surface area contributed by atoms with Crippen LogP contribution in [0.25, 0.3) is 20.4 Å². The normalized spacial score (nSPS) is 21.4. The SMILES string of the molecule is CN(C(=O)C1CCc2c(sc3ncnc(Nc4ccc5[nH]c(=O)sc5c4)c23)C1)C1CCOC(C)(C)C1. The minimum atomic E-state index is -0.186. The lowest BCUT2D eigenvalue weighted by Crippen LogP contribution is -2.48. The number of thiazole rings is 1. The van der Waals surface area contributed by atoms with Crippen LogP contribution in [0.1, 0.15) is 43.6 Å². The van der Waals surface area contributed by atoms with Crippen LogP contribution in [0.15, 0.2) is 29.3 Å². The van der Waals surface area contributed by atoms with Gasteiger partial charge in [0.1, 0.15) is 17.0 Å². The number of nitrogens with one attached hydrogen (secondary N) is 2. The number of carbonyl (C=O) groups is 1. The Morgan fingerprint density at radius 3 is 2.94 bits per heavy atom. The van der Waals surface area contributed by atoms with Crippen LogP contribution in [0.5, 0.6) is 0 Å². The Balaban J connectivity index is 1.24. The van der Waals surface area contributed by atoms with E-state index in [1.807, 2.05) is 30.1 Å². The maximum atomic E-state index is 13.5. The number of aromatic amines is 1. The zero-order valence-electron chi connectivity index (χ0n) is 20.6. The van der Waals surface area contributed by atoms with Gasteiger partial charge in [0.15, 0.2) is 0 Å². The first-order valence-corrected chi connectivity index (χ1v) is 14.0. The second-order valence-corrected chi connectivity index (χ2v) is 12.5. The maximum Gasteiger partial charge on any atom is 0.305 e. The molecule has 2 N–H and O–H groups in total. The van der Waals surface area contributed by atoms with Crippen molar-refractivity contribution in [2.75, 3.05) is 19.0 Å². The summed E-state index contributed by atoms with van der Waals surface area (Å²) in [5.41, 5.74) is 2.78. The minimum Gasteiger partial charge on any atom is -0.375 e. The second kappa shape index (κ2) is 8.93. The van der Waals surface area contributed by atoms with Crippen molar-refractivity contribution in [2.45, 2.75) is 57.6 Å². The number of aromatic nitrogens is 3. The highest BCUT2D eigenvalue weighted by atomic mass is 32.1. The standard InChI is InChI=1S/C26H29N5O3S2/c1-26(2)12-16(8-9-34-26)31(3)24(32)14-4-6-17-19(10-14)35-23-21(17)22(27-13-28-23)29-15-5-7-18-20(11-15)36-25(33)30-18/h5,7,11,13-14,16H,4,6,8-10,12H2,1-3H3,(H,30,33)(H,27,28,29). The van der Waals surface area contributed by atoms with Crippen LogP contribution in [0.2, 0.25) is 0 Å². The van der Waals surface area contributed by atoms with E-state index in [0.717, 1.165) is 64.0 Å². The summed E-state index contributed by atoms with van der Waals surface area (Å²) >= 11 is 2.87. The summed E-state index contributed by atoms with van der Waals surface area (Å²) in [6.45, 7) is 4.91. The van der Waals surface area contributed by atoms with Gasteiger partial charge in [0.05, 0.1) is 21.2 Å². The topological polar surface area (TPSA) is 100 Å². The lowest BCUT2D eigenvalue weighted by Gasteiger charge is -2.41. The smallest absolute Gasteiger partial charge is 0.305 e. The minimum absolute atomic E-state index is 0.00957. The van der Waals surface area contributed by atoms with Crippen molar-refractivity contribution in [2.24, 2.45) is 5.92 Å². The van der Waals surface area contributed by atoms with Crippen molar-refractivity contribution >= 4 is 60.5 Å². The number of ether oxygens (including phenoxy) is 1. The van der Waals surface area contributed by atoms with E-state index < -0.39 is 0 Å². The summed E-state index contributed by atoms with van der Waals surface area (Å²) < 4.78 is 6.76. The fourth-order valence-corrected chi connectivity index (χ4v) is 7.62. The van der Waals surface area contributed by atoms with Gasteiger partial charge in [-0.15, -0.1) is 11.3 Å². The third kappa shape index (κ3) is 4.31. The first kappa shape index (κ1) is 23.6. The van der Waals surface area contributed by atoms with E-state index >= 15 is 0 Å².